The summed E-state index contributed by atoms with van der Waals surface area (Å²) in [7, 11) is 0. The summed E-state index contributed by atoms with van der Waals surface area (Å²) in [5.41, 5.74) is 3.04. The Bertz CT molecular complexity index is 626. The van der Waals surface area contributed by atoms with Gasteiger partial charge in [-0.15, -0.1) is 0 Å². The lowest BCUT2D eigenvalue weighted by atomic mass is 10.1. The molecule has 0 bridgehead atoms. The van der Waals surface area contributed by atoms with Gasteiger partial charge in [0.2, 0.25) is 0 Å². The maximum atomic E-state index is 12.4. The van der Waals surface area contributed by atoms with Gasteiger partial charge in [0.05, 0.1) is 5.56 Å². The number of hydrogen-bond acceptors (Lipinski definition) is 2. The van der Waals surface area contributed by atoms with Crippen LogP contribution in [0.2, 0.25) is 5.02 Å². The normalized spacial score (nSPS) is 10.2. The summed E-state index contributed by atoms with van der Waals surface area (Å²) in [4.78, 5) is 12.4. The van der Waals surface area contributed by atoms with E-state index in [1.54, 1.807) is 12.1 Å². The molecule has 0 heterocycles. The van der Waals surface area contributed by atoms with E-state index in [9.17, 15) is 4.79 Å². The Hall–Kier alpha value is -2.00. The van der Waals surface area contributed by atoms with Crippen LogP contribution < -0.4 is 10.6 Å². The third kappa shape index (κ3) is 3.11. The Morgan fingerprint density at radius 3 is 2.55 bits per heavy atom. The second kappa shape index (κ2) is 6.44. The molecule has 2 N–H and O–H groups in total. The van der Waals surface area contributed by atoms with Crippen molar-refractivity contribution in [1.29, 1.82) is 0 Å². The van der Waals surface area contributed by atoms with Crippen LogP contribution in [0.1, 0.15) is 22.8 Å². The molecule has 4 heteroatoms. The zero-order valence-corrected chi connectivity index (χ0v) is 12.3. The Morgan fingerprint density at radius 2 is 1.80 bits per heavy atom. The highest BCUT2D eigenvalue weighted by Crippen LogP contribution is 2.24. The van der Waals surface area contributed by atoms with Gasteiger partial charge in [-0.05, 0) is 43.7 Å². The summed E-state index contributed by atoms with van der Waals surface area (Å²) < 4.78 is 0. The van der Waals surface area contributed by atoms with E-state index < -0.39 is 0 Å². The largest absolute Gasteiger partial charge is 0.385 e. The van der Waals surface area contributed by atoms with Gasteiger partial charge in [-0.2, -0.15) is 0 Å². The fraction of sp³-hybridized carbons (Fsp3) is 0.188. The minimum absolute atomic E-state index is 0.146. The molecule has 0 saturated heterocycles. The lowest BCUT2D eigenvalue weighted by molar-refractivity contribution is 0.102. The lowest BCUT2D eigenvalue weighted by Crippen LogP contribution is -2.15. The monoisotopic (exact) mass is 288 g/mol. The molecule has 2 aromatic rings. The Morgan fingerprint density at radius 1 is 1.10 bits per heavy atom. The number of benzene rings is 2. The number of para-hydroxylation sites is 1. The highest BCUT2D eigenvalue weighted by atomic mass is 35.5. The number of carbonyl (C=O) groups excluding carboxylic acids is 1. The van der Waals surface area contributed by atoms with Crippen molar-refractivity contribution >= 4 is 28.9 Å². The summed E-state index contributed by atoms with van der Waals surface area (Å²) in [6.07, 6.45) is 0. The van der Waals surface area contributed by atoms with Crippen molar-refractivity contribution in [3.05, 3.63) is 58.6 Å². The van der Waals surface area contributed by atoms with Gasteiger partial charge in [-0.1, -0.05) is 29.8 Å². The fourth-order valence-electron chi connectivity index (χ4n) is 1.96. The van der Waals surface area contributed by atoms with Crippen LogP contribution in [0.3, 0.4) is 0 Å². The summed E-state index contributed by atoms with van der Waals surface area (Å²) in [6.45, 7) is 4.64. The maximum absolute atomic E-state index is 12.4. The third-order valence-electron chi connectivity index (χ3n) is 3.05. The van der Waals surface area contributed by atoms with Crippen LogP contribution in [0.4, 0.5) is 11.4 Å². The molecule has 2 rings (SSSR count). The number of carbonyl (C=O) groups is 1. The quantitative estimate of drug-likeness (QED) is 0.879. The van der Waals surface area contributed by atoms with Gasteiger partial charge in [-0.25, -0.2) is 0 Å². The molecular weight excluding hydrogens is 272 g/mol. The van der Waals surface area contributed by atoms with Crippen LogP contribution in [-0.2, 0) is 0 Å². The first kappa shape index (κ1) is 14.4. The lowest BCUT2D eigenvalue weighted by Gasteiger charge is -2.12. The van der Waals surface area contributed by atoms with Crippen molar-refractivity contribution in [1.82, 2.24) is 0 Å². The number of anilines is 2. The van der Waals surface area contributed by atoms with Gasteiger partial charge in [0.25, 0.3) is 5.91 Å². The summed E-state index contributed by atoms with van der Waals surface area (Å²) in [5.74, 6) is -0.146. The van der Waals surface area contributed by atoms with Crippen molar-refractivity contribution < 1.29 is 4.79 Å². The second-order valence-electron chi connectivity index (χ2n) is 4.44. The van der Waals surface area contributed by atoms with Gasteiger partial charge >= 0.3 is 0 Å². The van der Waals surface area contributed by atoms with Crippen LogP contribution in [0.25, 0.3) is 0 Å². The minimum Gasteiger partial charge on any atom is -0.385 e. The van der Waals surface area contributed by atoms with Crippen LogP contribution in [-0.4, -0.2) is 12.5 Å². The van der Waals surface area contributed by atoms with Gasteiger partial charge in [0, 0.05) is 22.9 Å². The Labute approximate surface area is 124 Å². The zero-order chi connectivity index (χ0) is 14.5. The van der Waals surface area contributed by atoms with E-state index in [2.05, 4.69) is 10.6 Å². The summed E-state index contributed by atoms with van der Waals surface area (Å²) in [6, 6.07) is 12.9. The molecule has 0 fully saturated rings. The molecular formula is C16H17ClN2O. The van der Waals surface area contributed by atoms with Gasteiger partial charge in [-0.3, -0.25) is 4.79 Å². The molecule has 20 heavy (non-hydrogen) atoms. The predicted octanol–water partition coefficient (Wildman–Crippen LogP) is 4.33. The molecule has 2 aromatic carbocycles. The number of halogens is 1. The molecule has 0 spiro atoms. The molecule has 0 aliphatic rings. The summed E-state index contributed by atoms with van der Waals surface area (Å²) in [5, 5.41) is 6.73. The molecule has 0 radical (unpaired) electrons. The van der Waals surface area contributed by atoms with Gasteiger partial charge < -0.3 is 10.6 Å². The molecule has 0 aromatic heterocycles. The van der Waals surface area contributed by atoms with Gasteiger partial charge in [0.1, 0.15) is 0 Å². The van der Waals surface area contributed by atoms with Crippen LogP contribution in [0.15, 0.2) is 42.5 Å². The van der Waals surface area contributed by atoms with Gasteiger partial charge in [0.15, 0.2) is 0 Å². The minimum atomic E-state index is -0.146. The highest BCUT2D eigenvalue weighted by molar-refractivity contribution is 6.31. The van der Waals surface area contributed by atoms with E-state index in [1.165, 1.54) is 0 Å². The summed E-state index contributed by atoms with van der Waals surface area (Å²) >= 11 is 6.06. The topological polar surface area (TPSA) is 41.1 Å². The predicted molar refractivity (Wildman–Crippen MR) is 84.7 cm³/mol. The SMILES string of the molecule is CCNc1ccccc1C(=O)Nc1cccc(Cl)c1C. The van der Waals surface area contributed by atoms with E-state index in [4.69, 9.17) is 11.6 Å². The first-order valence-corrected chi connectivity index (χ1v) is 6.90. The van der Waals surface area contributed by atoms with E-state index in [1.807, 2.05) is 44.2 Å². The second-order valence-corrected chi connectivity index (χ2v) is 4.85. The maximum Gasteiger partial charge on any atom is 0.257 e. The van der Waals surface area contributed by atoms with Crippen LogP contribution in [0, 0.1) is 6.92 Å². The smallest absolute Gasteiger partial charge is 0.257 e. The molecule has 1 amide bonds. The molecule has 0 aliphatic heterocycles. The third-order valence-corrected chi connectivity index (χ3v) is 3.46. The number of nitrogens with one attached hydrogen (secondary N) is 2. The standard InChI is InChI=1S/C16H17ClN2O/c1-3-18-15-9-5-4-7-12(15)16(20)19-14-10-6-8-13(17)11(14)2/h4-10,18H,3H2,1-2H3,(H,19,20). The van der Waals surface area contributed by atoms with Crippen molar-refractivity contribution in [3.8, 4) is 0 Å². The first-order valence-electron chi connectivity index (χ1n) is 6.53. The van der Waals surface area contributed by atoms with Crippen molar-refractivity contribution in [3.63, 3.8) is 0 Å². The van der Waals surface area contributed by atoms with Crippen molar-refractivity contribution in [2.24, 2.45) is 0 Å². The molecule has 0 aliphatic carbocycles. The number of amides is 1. The van der Waals surface area contributed by atoms with Crippen molar-refractivity contribution in [2.45, 2.75) is 13.8 Å². The van der Waals surface area contributed by atoms with Crippen molar-refractivity contribution in [2.75, 3.05) is 17.2 Å². The molecule has 0 atom stereocenters. The molecule has 0 saturated carbocycles. The average Bonchev–Trinajstić information content (AvgIpc) is 2.45. The Kier molecular flexibility index (Phi) is 4.64. The van der Waals surface area contributed by atoms with E-state index in [-0.39, 0.29) is 5.91 Å². The molecule has 0 unspecified atom stereocenters. The van der Waals surface area contributed by atoms with Crippen LogP contribution in [0.5, 0.6) is 0 Å². The Balaban J connectivity index is 2.26. The molecule has 104 valence electrons. The van der Waals surface area contributed by atoms with Crippen LogP contribution >= 0.6 is 11.6 Å². The van der Waals surface area contributed by atoms with E-state index in [0.29, 0.717) is 10.6 Å². The fourth-order valence-corrected chi connectivity index (χ4v) is 2.13. The van der Waals surface area contributed by atoms with E-state index in [0.717, 1.165) is 23.5 Å². The molecule has 3 nitrogen and oxygen atoms in total. The number of rotatable bonds is 4. The first-order chi connectivity index (χ1) is 9.63. The van der Waals surface area contributed by atoms with E-state index >= 15 is 0 Å². The zero-order valence-electron chi connectivity index (χ0n) is 11.5. The average molecular weight is 289 g/mol. The highest BCUT2D eigenvalue weighted by Gasteiger charge is 2.12. The number of hydrogen-bond donors (Lipinski definition) is 2.